The molecule has 9 rings (SSSR count). The molecular formula is C85H108N12O26. The van der Waals surface area contributed by atoms with Crippen molar-refractivity contribution in [2.45, 2.75) is 205 Å². The molecule has 0 unspecified atom stereocenters. The number of aliphatic hydroxyl groups is 4. The Hall–Kier alpha value is -12.4. The van der Waals surface area contributed by atoms with Gasteiger partial charge in [0, 0.05) is 123 Å². The fraction of sp³-hybridized carbons (Fsp3) is 0.482. The fourth-order valence-corrected chi connectivity index (χ4v) is 14.8. The van der Waals surface area contributed by atoms with E-state index in [9.17, 15) is 107 Å². The molecule has 0 bridgehead atoms. The standard InChI is InChI=1S/C57H68N6O19.C28H40N6O7/c1-28(2)48(62-40(67)13-6-5-7-21-63-41(68)18-19-42(63)69)36(65)22-31(10-9-20-59-55(58)76)54(75)60-32-16-14-30(15-17-32)27-80-56(77)61-35-23-43(81-29(3)49(35)70)82-38-25-57(78,39(66)26-64)24-34-45(38)53(74)47-46(51(34)72)50(71)33-11-8-12-37(79-4)44(33)52(47)73;1-18(2)25(33-22(36)8-4-3-5-16-34-23(37)13-14-24(34)38)27(40)32-21(7-6-15-30-28(29)41)26(39)31-20-11-9-19(17-35)10-12-20/h8,11-12,14-19,28-29,31,35,38,43,48-49,64,70,72,74,78H,5-7,9-10,13,20-27H2,1-4H3,(H,60,75)(H,61,77)(H,62,67)(H3,58,59,76);9-14,18,21,25,35H,3-8,15-17H2,1-2H3,(H,31,39)(H,32,40)(H,33,36)(H3,29,30,41)/t29-,31+,35-,38-,43-,48-,49+,57-;21-,25-/m00/s1. The maximum Gasteiger partial charge on any atom is 0.407 e. The molecule has 0 saturated carbocycles. The van der Waals surface area contributed by atoms with Crippen molar-refractivity contribution in [3.8, 4) is 17.2 Å². The second-order valence-corrected chi connectivity index (χ2v) is 31.2. The number of aromatic hydroxyl groups is 2. The Bertz CT molecular complexity index is 4630. The van der Waals surface area contributed by atoms with E-state index in [0.29, 0.717) is 67.4 Å². The number of carbonyl (C=O) groups is 16. The molecular weight excluding hydrogens is 1600 g/mol. The van der Waals surface area contributed by atoms with E-state index in [1.54, 1.807) is 64.1 Å². The minimum Gasteiger partial charge on any atom is -0.507 e. The van der Waals surface area contributed by atoms with Gasteiger partial charge in [-0.1, -0.05) is 76.9 Å². The van der Waals surface area contributed by atoms with E-state index in [0.717, 1.165) is 9.80 Å². The molecule has 10 atom stereocenters. The molecule has 0 aromatic heterocycles. The number of fused-ring (bicyclic) bond motifs is 3. The molecule has 0 spiro atoms. The van der Waals surface area contributed by atoms with Gasteiger partial charge in [0.15, 0.2) is 23.6 Å². The Kier molecular flexibility index (Phi) is 35.1. The molecule has 4 aromatic carbocycles. The number of amides is 14. The number of imide groups is 2. The van der Waals surface area contributed by atoms with E-state index >= 15 is 0 Å². The van der Waals surface area contributed by atoms with Gasteiger partial charge in [-0.05, 0) is 112 Å². The number of nitrogens with one attached hydrogen (secondary N) is 8. The average molecular weight is 1710 g/mol. The summed E-state index contributed by atoms with van der Waals surface area (Å²) in [7, 11) is 1.28. The minimum absolute atomic E-state index is 0.0210. The highest BCUT2D eigenvalue weighted by Crippen LogP contribution is 2.53. The predicted molar refractivity (Wildman–Crippen MR) is 438 cm³/mol. The molecule has 5 aliphatic rings. The first-order chi connectivity index (χ1) is 58.5. The summed E-state index contributed by atoms with van der Waals surface area (Å²) in [6.07, 6.45) is 1.17. The number of rotatable bonds is 42. The minimum atomic E-state index is -2.42. The largest absolute Gasteiger partial charge is 0.507 e. The fourth-order valence-electron chi connectivity index (χ4n) is 14.8. The highest BCUT2D eigenvalue weighted by atomic mass is 16.7. The van der Waals surface area contributed by atoms with Crippen molar-refractivity contribution < 1.29 is 126 Å². The van der Waals surface area contributed by atoms with Gasteiger partial charge in [0.25, 0.3) is 23.6 Å². The third kappa shape index (κ3) is 26.1. The second-order valence-electron chi connectivity index (χ2n) is 31.2. The van der Waals surface area contributed by atoms with Gasteiger partial charge < -0.3 is 104 Å². The summed E-state index contributed by atoms with van der Waals surface area (Å²) in [6, 6.07) is 11.7. The number of ether oxygens (including phenoxy) is 4. The number of alkyl carbamates (subject to hydrolysis) is 1. The van der Waals surface area contributed by atoms with Gasteiger partial charge in [0.1, 0.15) is 54.3 Å². The monoisotopic (exact) mass is 1710 g/mol. The first-order valence-corrected chi connectivity index (χ1v) is 40.6. The summed E-state index contributed by atoms with van der Waals surface area (Å²) < 4.78 is 23.0. The van der Waals surface area contributed by atoms with Crippen LogP contribution >= 0.6 is 0 Å². The van der Waals surface area contributed by atoms with Crippen molar-refractivity contribution in [2.24, 2.45) is 29.2 Å². The van der Waals surface area contributed by atoms with Crippen LogP contribution in [0.3, 0.4) is 0 Å². The van der Waals surface area contributed by atoms with Crippen LogP contribution in [0.4, 0.5) is 25.8 Å². The zero-order chi connectivity index (χ0) is 90.1. The number of hydrogen-bond donors (Lipinski definition) is 16. The molecule has 664 valence electrons. The molecule has 3 aliphatic heterocycles. The second kappa shape index (κ2) is 45.0. The number of nitrogens with zero attached hydrogens (tertiary/aromatic N) is 2. The van der Waals surface area contributed by atoms with Crippen molar-refractivity contribution in [1.29, 1.82) is 0 Å². The molecule has 38 nitrogen and oxygen atoms in total. The van der Waals surface area contributed by atoms with Crippen molar-refractivity contribution in [3.63, 3.8) is 0 Å². The van der Waals surface area contributed by atoms with Gasteiger partial charge in [-0.15, -0.1) is 0 Å². The topological polar surface area (TPSA) is 586 Å². The number of benzene rings is 4. The maximum atomic E-state index is 14.1. The molecule has 0 radical (unpaired) electrons. The molecule has 3 heterocycles. The number of ketones is 4. The number of primary amides is 2. The number of anilines is 2. The SMILES string of the molecule is CC(C)[C@H](NC(=O)CCCCCN1C(=O)C=CC1=O)C(=O)N[C@@H](CCCNC(N)=O)C(=O)Nc1ccc(CO)cc1.COc1cccc2c1C(=O)c1c(O)c3c(c(O)c1C2=O)C[C@@](O)(C(=O)CO)C[C@@H]3O[C@H]1C[C@H](NC(=O)OCc2ccc(NC(=O)[C@H](CCCNC(N)=O)CC(=O)[C@@H](NC(=O)CCCCCN3C(=O)C=CC3=O)C(C)C)cc2)[C@H](O)[C@H](C)O1. The average Bonchev–Trinajstić information content (AvgIpc) is 1.40. The number of aliphatic hydroxyl groups excluding tert-OH is 3. The molecule has 14 amide bonds. The molecule has 1 fully saturated rings. The molecule has 2 aliphatic carbocycles. The Balaban J connectivity index is 0.000000384. The Labute approximate surface area is 708 Å². The lowest BCUT2D eigenvalue weighted by Crippen LogP contribution is -2.56. The van der Waals surface area contributed by atoms with E-state index in [1.807, 2.05) is 0 Å². The number of carbonyl (C=O) groups excluding carboxylic acids is 16. The van der Waals surface area contributed by atoms with Crippen LogP contribution in [-0.2, 0) is 86.6 Å². The van der Waals surface area contributed by atoms with E-state index in [-0.39, 0.29) is 165 Å². The van der Waals surface area contributed by atoms with E-state index < -0.39 is 156 Å². The number of hydrogen-bond acceptors (Lipinski definition) is 26. The van der Waals surface area contributed by atoms with Crippen LogP contribution < -0.4 is 58.7 Å². The highest BCUT2D eigenvalue weighted by Gasteiger charge is 2.51. The summed E-state index contributed by atoms with van der Waals surface area (Å²) in [5.41, 5.74) is 7.84. The predicted octanol–water partition coefficient (Wildman–Crippen LogP) is 3.23. The summed E-state index contributed by atoms with van der Waals surface area (Å²) in [4.78, 5) is 205. The van der Waals surface area contributed by atoms with Gasteiger partial charge in [0.2, 0.25) is 35.3 Å². The summed E-state index contributed by atoms with van der Waals surface area (Å²) in [5.74, 6) is -9.90. The van der Waals surface area contributed by atoms with Gasteiger partial charge in [0.05, 0.1) is 54.7 Å². The maximum absolute atomic E-state index is 14.1. The Morgan fingerprint density at radius 2 is 1.15 bits per heavy atom. The van der Waals surface area contributed by atoms with E-state index in [2.05, 4.69) is 42.5 Å². The van der Waals surface area contributed by atoms with Crippen LogP contribution in [0.5, 0.6) is 17.2 Å². The normalized spacial score (nSPS) is 19.1. The number of Topliss-reactive ketones (excluding diaryl/α,β-unsaturated/α-hetero) is 2. The summed E-state index contributed by atoms with van der Waals surface area (Å²) >= 11 is 0. The summed E-state index contributed by atoms with van der Waals surface area (Å²) in [6.45, 7) is 7.84. The van der Waals surface area contributed by atoms with Crippen LogP contribution in [0.25, 0.3) is 0 Å². The summed E-state index contributed by atoms with van der Waals surface area (Å²) in [5, 5.41) is 86.8. The number of unbranched alkanes of at least 4 members (excludes halogenated alkanes) is 4. The van der Waals surface area contributed by atoms with Crippen molar-refractivity contribution in [1.82, 2.24) is 41.7 Å². The van der Waals surface area contributed by atoms with Gasteiger partial charge >= 0.3 is 18.2 Å². The Morgan fingerprint density at radius 3 is 1.67 bits per heavy atom. The van der Waals surface area contributed by atoms with Crippen molar-refractivity contribution in [2.75, 3.05) is 50.5 Å². The van der Waals surface area contributed by atoms with Gasteiger partial charge in [-0.3, -0.25) is 72.1 Å². The van der Waals surface area contributed by atoms with Crippen LogP contribution in [0, 0.1) is 17.8 Å². The van der Waals surface area contributed by atoms with Crippen LogP contribution in [0.1, 0.15) is 191 Å². The Morgan fingerprint density at radius 1 is 0.618 bits per heavy atom. The number of nitrogens with two attached hydrogens (primary N) is 2. The third-order valence-electron chi connectivity index (χ3n) is 21.5. The zero-order valence-electron chi connectivity index (χ0n) is 69.2. The van der Waals surface area contributed by atoms with Gasteiger partial charge in [-0.2, -0.15) is 0 Å². The number of urea groups is 2. The highest BCUT2D eigenvalue weighted by molar-refractivity contribution is 6.31. The molecule has 1 saturated heterocycles. The van der Waals surface area contributed by atoms with Crippen molar-refractivity contribution in [3.05, 3.63) is 136 Å². The van der Waals surface area contributed by atoms with Crippen LogP contribution in [0.15, 0.2) is 91.0 Å². The zero-order valence-corrected chi connectivity index (χ0v) is 69.2. The van der Waals surface area contributed by atoms with Gasteiger partial charge in [-0.25, -0.2) is 14.4 Å². The third-order valence-corrected chi connectivity index (χ3v) is 21.5. The molecule has 18 N–H and O–H groups in total. The van der Waals surface area contributed by atoms with Crippen LogP contribution in [0.2, 0.25) is 0 Å². The first-order valence-electron chi connectivity index (χ1n) is 40.6. The lowest BCUT2D eigenvalue weighted by Gasteiger charge is -2.42. The van der Waals surface area contributed by atoms with Crippen LogP contribution in [-0.4, -0.2) is 223 Å². The lowest BCUT2D eigenvalue weighted by molar-refractivity contribution is -0.249. The first kappa shape index (κ1) is 96.1. The molecule has 4 aromatic rings. The quantitative estimate of drug-likeness (QED) is 0.0151. The number of phenolic OH excluding ortho intramolecular Hbond substituents is 2. The van der Waals surface area contributed by atoms with E-state index in [4.69, 9.17) is 30.4 Å². The molecule has 38 heteroatoms. The lowest BCUT2D eigenvalue weighted by atomic mass is 9.72. The van der Waals surface area contributed by atoms with Crippen molar-refractivity contribution >= 4 is 106 Å². The number of methoxy groups -OCH3 is 1. The van der Waals surface area contributed by atoms with E-state index in [1.165, 1.54) is 68.7 Å². The molecule has 123 heavy (non-hydrogen) atoms. The smallest absolute Gasteiger partial charge is 0.407 e. The number of phenols is 2.